The lowest BCUT2D eigenvalue weighted by molar-refractivity contribution is 0.697. The van der Waals surface area contributed by atoms with E-state index in [4.69, 9.17) is 4.98 Å². The zero-order valence-electron chi connectivity index (χ0n) is 11.4. The van der Waals surface area contributed by atoms with Crippen LogP contribution < -0.4 is 10.2 Å². The van der Waals surface area contributed by atoms with Gasteiger partial charge >= 0.3 is 0 Å². The first-order valence-corrected chi connectivity index (χ1v) is 7.52. The van der Waals surface area contributed by atoms with Crippen LogP contribution in [0.4, 0.5) is 5.82 Å². The molecule has 100 valence electrons. The van der Waals surface area contributed by atoms with Gasteiger partial charge in [-0.15, -0.1) is 11.3 Å². The smallest absolute Gasteiger partial charge is 0.195 e. The molecule has 2 aromatic heterocycles. The zero-order valence-corrected chi connectivity index (χ0v) is 12.3. The molecule has 5 heteroatoms. The minimum atomic E-state index is 0.875. The molecule has 0 aliphatic heterocycles. The van der Waals surface area contributed by atoms with Crippen LogP contribution in [0.3, 0.4) is 0 Å². The highest BCUT2D eigenvalue weighted by atomic mass is 32.1. The molecule has 0 atom stereocenters. The molecule has 0 saturated heterocycles. The summed E-state index contributed by atoms with van der Waals surface area (Å²) in [5, 5.41) is 5.49. The highest BCUT2D eigenvalue weighted by molar-refractivity contribution is 7.15. The molecule has 0 unspecified atom stereocenters. The highest BCUT2D eigenvalue weighted by Gasteiger charge is 2.15. The van der Waals surface area contributed by atoms with Crippen molar-refractivity contribution in [3.05, 3.63) is 17.3 Å². The van der Waals surface area contributed by atoms with Crippen molar-refractivity contribution in [3.63, 3.8) is 0 Å². The van der Waals surface area contributed by atoms with Gasteiger partial charge in [-0.1, -0.05) is 20.3 Å². The van der Waals surface area contributed by atoms with Crippen molar-refractivity contribution in [2.75, 3.05) is 25.0 Å². The van der Waals surface area contributed by atoms with Crippen molar-refractivity contribution in [1.82, 2.24) is 14.7 Å². The molecule has 4 nitrogen and oxygen atoms in total. The quantitative estimate of drug-likeness (QED) is 0.836. The van der Waals surface area contributed by atoms with Crippen molar-refractivity contribution < 1.29 is 0 Å². The molecule has 0 amide bonds. The van der Waals surface area contributed by atoms with E-state index in [2.05, 4.69) is 47.1 Å². The fraction of sp³-hybridized carbons (Fsp3) is 0.615. The van der Waals surface area contributed by atoms with Crippen LogP contribution in [0.5, 0.6) is 0 Å². The van der Waals surface area contributed by atoms with Crippen molar-refractivity contribution in [1.29, 1.82) is 0 Å². The summed E-state index contributed by atoms with van der Waals surface area (Å²) in [6.07, 6.45) is 4.54. The number of hydrogen-bond donors (Lipinski definition) is 1. The Labute approximate surface area is 113 Å². The largest absolute Gasteiger partial charge is 0.358 e. The van der Waals surface area contributed by atoms with Gasteiger partial charge in [0, 0.05) is 31.7 Å². The van der Waals surface area contributed by atoms with E-state index in [9.17, 15) is 0 Å². The van der Waals surface area contributed by atoms with Crippen LogP contribution >= 0.6 is 11.3 Å². The summed E-state index contributed by atoms with van der Waals surface area (Å²) in [5.41, 5.74) is 1.27. The van der Waals surface area contributed by atoms with E-state index in [1.165, 1.54) is 18.5 Å². The molecule has 0 aliphatic rings. The van der Waals surface area contributed by atoms with Crippen LogP contribution in [0.2, 0.25) is 0 Å². The maximum Gasteiger partial charge on any atom is 0.195 e. The third-order valence-electron chi connectivity index (χ3n) is 3.09. The molecule has 0 spiro atoms. The molecular weight excluding hydrogens is 244 g/mol. The van der Waals surface area contributed by atoms with Gasteiger partial charge in [0.1, 0.15) is 0 Å². The number of rotatable bonds is 7. The number of nitrogens with zero attached hydrogens (tertiary/aromatic N) is 3. The summed E-state index contributed by atoms with van der Waals surface area (Å²) in [6, 6.07) is 0. The summed E-state index contributed by atoms with van der Waals surface area (Å²) >= 11 is 1.69. The minimum absolute atomic E-state index is 0.875. The van der Waals surface area contributed by atoms with E-state index >= 15 is 0 Å². The summed E-state index contributed by atoms with van der Waals surface area (Å²) in [4.78, 5) is 8.10. The highest BCUT2D eigenvalue weighted by Crippen LogP contribution is 2.24. The number of imidazole rings is 1. The second-order valence-corrected chi connectivity index (χ2v) is 5.37. The first-order valence-electron chi connectivity index (χ1n) is 6.64. The lowest BCUT2D eigenvalue weighted by atomic mass is 10.3. The zero-order chi connectivity index (χ0) is 13.0. The fourth-order valence-electron chi connectivity index (χ4n) is 2.04. The molecule has 0 aromatic carbocycles. The number of thiazole rings is 1. The number of anilines is 1. The van der Waals surface area contributed by atoms with Crippen molar-refractivity contribution in [2.45, 2.75) is 33.2 Å². The number of aromatic nitrogens is 2. The topological polar surface area (TPSA) is 32.6 Å². The Hall–Kier alpha value is -1.07. The van der Waals surface area contributed by atoms with E-state index in [-0.39, 0.29) is 0 Å². The van der Waals surface area contributed by atoms with E-state index < -0.39 is 0 Å². The number of unbranched alkanes of at least 4 members (excludes halogenated alkanes) is 1. The van der Waals surface area contributed by atoms with Gasteiger partial charge in [0.15, 0.2) is 10.8 Å². The Kier molecular flexibility index (Phi) is 4.60. The molecule has 18 heavy (non-hydrogen) atoms. The first-order chi connectivity index (χ1) is 8.77. The summed E-state index contributed by atoms with van der Waals surface area (Å²) < 4.78 is 2.20. The molecule has 2 aromatic rings. The molecule has 0 saturated carbocycles. The van der Waals surface area contributed by atoms with E-state index in [1.54, 1.807) is 11.3 Å². The molecule has 2 rings (SSSR count). The van der Waals surface area contributed by atoms with E-state index in [1.807, 2.05) is 0 Å². The molecule has 2 heterocycles. The third kappa shape index (κ3) is 2.67. The number of fused-ring (bicyclic) bond motifs is 1. The average molecular weight is 266 g/mol. The molecule has 0 bridgehead atoms. The SMILES string of the molecule is CCCCN(C)c1nc2sccn2c1CNCC. The van der Waals surface area contributed by atoms with Gasteiger partial charge in [-0.3, -0.25) is 4.40 Å². The van der Waals surface area contributed by atoms with Gasteiger partial charge in [0.2, 0.25) is 0 Å². The van der Waals surface area contributed by atoms with Crippen molar-refractivity contribution in [2.24, 2.45) is 0 Å². The standard InChI is InChI=1S/C13H22N4S/c1-4-6-7-16(3)12-11(10-14-5-2)17-8-9-18-13(17)15-12/h8-9,14H,4-7,10H2,1-3H3. The average Bonchev–Trinajstić information content (AvgIpc) is 2.94. The van der Waals surface area contributed by atoms with Crippen LogP contribution in [-0.4, -0.2) is 29.5 Å². The first kappa shape index (κ1) is 13.4. The second-order valence-electron chi connectivity index (χ2n) is 4.49. The Balaban J connectivity index is 2.26. The monoisotopic (exact) mass is 266 g/mol. The summed E-state index contributed by atoms with van der Waals surface area (Å²) in [5.74, 6) is 1.12. The van der Waals surface area contributed by atoms with E-state index in [0.717, 1.165) is 30.4 Å². The maximum atomic E-state index is 4.75. The van der Waals surface area contributed by atoms with Gasteiger partial charge < -0.3 is 10.2 Å². The van der Waals surface area contributed by atoms with Gasteiger partial charge in [-0.2, -0.15) is 0 Å². The number of nitrogens with one attached hydrogen (secondary N) is 1. The van der Waals surface area contributed by atoms with Crippen molar-refractivity contribution >= 4 is 22.1 Å². The third-order valence-corrected chi connectivity index (χ3v) is 3.85. The maximum absolute atomic E-state index is 4.75. The Morgan fingerprint density at radius 3 is 3.00 bits per heavy atom. The molecular formula is C13H22N4S. The lowest BCUT2D eigenvalue weighted by Gasteiger charge is -2.18. The van der Waals surface area contributed by atoms with Crippen LogP contribution in [0.15, 0.2) is 11.6 Å². The normalized spacial score (nSPS) is 11.3. The molecule has 1 N–H and O–H groups in total. The van der Waals surface area contributed by atoms with Gasteiger partial charge in [0.25, 0.3) is 0 Å². The predicted molar refractivity (Wildman–Crippen MR) is 78.6 cm³/mol. The molecule has 0 fully saturated rings. The number of hydrogen-bond acceptors (Lipinski definition) is 4. The Bertz CT molecular complexity index is 488. The van der Waals surface area contributed by atoms with Crippen LogP contribution in [-0.2, 0) is 6.54 Å². The van der Waals surface area contributed by atoms with Crippen LogP contribution in [0.25, 0.3) is 4.96 Å². The fourth-order valence-corrected chi connectivity index (χ4v) is 2.76. The Morgan fingerprint density at radius 2 is 2.28 bits per heavy atom. The Morgan fingerprint density at radius 1 is 1.44 bits per heavy atom. The van der Waals surface area contributed by atoms with Gasteiger partial charge in [0.05, 0.1) is 5.69 Å². The molecule has 0 aliphatic carbocycles. The van der Waals surface area contributed by atoms with Crippen molar-refractivity contribution in [3.8, 4) is 0 Å². The lowest BCUT2D eigenvalue weighted by Crippen LogP contribution is -2.22. The predicted octanol–water partition coefficient (Wildman–Crippen LogP) is 2.74. The minimum Gasteiger partial charge on any atom is -0.358 e. The van der Waals surface area contributed by atoms with Gasteiger partial charge in [-0.25, -0.2) is 4.98 Å². The van der Waals surface area contributed by atoms with Crippen LogP contribution in [0.1, 0.15) is 32.4 Å². The summed E-state index contributed by atoms with van der Waals surface area (Å²) in [6.45, 7) is 7.28. The molecule has 0 radical (unpaired) electrons. The van der Waals surface area contributed by atoms with Gasteiger partial charge in [-0.05, 0) is 13.0 Å². The summed E-state index contributed by atoms with van der Waals surface area (Å²) in [7, 11) is 2.14. The van der Waals surface area contributed by atoms with E-state index in [0.29, 0.717) is 0 Å². The second kappa shape index (κ2) is 6.20. The van der Waals surface area contributed by atoms with Crippen LogP contribution in [0, 0.1) is 0 Å².